The van der Waals surface area contributed by atoms with Crippen LogP contribution in [0.25, 0.3) is 0 Å². The van der Waals surface area contributed by atoms with Crippen LogP contribution >= 0.6 is 0 Å². The maximum Gasteiger partial charge on any atom is 1.00 e. The summed E-state index contributed by atoms with van der Waals surface area (Å²) in [5, 5.41) is 3.20. The number of nitrogens with one attached hydrogen (secondary N) is 1. The van der Waals surface area contributed by atoms with E-state index >= 15 is 0 Å². The molecule has 5 heteroatoms. The van der Waals surface area contributed by atoms with Crippen molar-refractivity contribution in [3.63, 3.8) is 0 Å². The van der Waals surface area contributed by atoms with E-state index in [9.17, 15) is 9.18 Å². The van der Waals surface area contributed by atoms with Crippen molar-refractivity contribution in [2.75, 3.05) is 33.2 Å². The molecule has 1 aromatic rings. The van der Waals surface area contributed by atoms with Gasteiger partial charge in [0.2, 0.25) is 0 Å². The van der Waals surface area contributed by atoms with Gasteiger partial charge in [-0.3, -0.25) is 9.69 Å². The molecule has 0 spiro atoms. The van der Waals surface area contributed by atoms with Crippen LogP contribution in [0.4, 0.5) is 4.39 Å². The van der Waals surface area contributed by atoms with Crippen LogP contribution < -0.4 is 17.7 Å². The summed E-state index contributed by atoms with van der Waals surface area (Å²) in [5.74, 6) is 0.499. The second-order valence-corrected chi connectivity index (χ2v) is 5.21. The van der Waals surface area contributed by atoms with Gasteiger partial charge in [-0.25, -0.2) is 4.39 Å². The third-order valence-corrected chi connectivity index (χ3v) is 3.73. The molecular weight excluding hydrogens is 279 g/mol. The highest BCUT2D eigenvalue weighted by molar-refractivity contribution is 5.97. The zero-order chi connectivity index (χ0) is 13.7. The molecule has 1 aliphatic rings. The summed E-state index contributed by atoms with van der Waals surface area (Å²) >= 11 is 0. The Balaban J connectivity index is 0.00000200. The van der Waals surface area contributed by atoms with E-state index in [2.05, 4.69) is 10.2 Å². The number of benzene rings is 1. The van der Waals surface area contributed by atoms with Crippen LogP contribution in [0.1, 0.15) is 24.6 Å². The first-order chi connectivity index (χ1) is 9.19. The Bertz CT molecular complexity index is 422. The number of carbonyl (C=O) groups excluding carboxylic acids is 1. The van der Waals surface area contributed by atoms with Crippen LogP contribution in [0.15, 0.2) is 24.3 Å². The molecule has 20 heavy (non-hydrogen) atoms. The topological polar surface area (TPSA) is 32.3 Å². The number of ketones is 1. The van der Waals surface area contributed by atoms with Gasteiger partial charge in [0.1, 0.15) is 5.82 Å². The predicted molar refractivity (Wildman–Crippen MR) is 74.9 cm³/mol. The summed E-state index contributed by atoms with van der Waals surface area (Å²) < 4.78 is 12.8. The number of Topliss-reactive ketones (excluding diaryl/α,β-unsaturated/α-hetero) is 1. The molecule has 0 unspecified atom stereocenters. The summed E-state index contributed by atoms with van der Waals surface area (Å²) in [6.07, 6.45) is 2.27. The van der Waals surface area contributed by atoms with Crippen molar-refractivity contribution in [2.24, 2.45) is 5.92 Å². The lowest BCUT2D eigenvalue weighted by atomic mass is 9.96. The highest BCUT2D eigenvalue weighted by Gasteiger charge is 2.20. The molecule has 112 valence electrons. The van der Waals surface area contributed by atoms with Gasteiger partial charge in [0, 0.05) is 5.56 Å². The van der Waals surface area contributed by atoms with Gasteiger partial charge in [0.15, 0.2) is 5.78 Å². The third kappa shape index (κ3) is 4.85. The number of piperidine rings is 1. The SMILES string of the molecule is CNCC1CCN(CC(=O)c2ccc(F)cc2)CC1.[Cl-].[H+]. The van der Waals surface area contributed by atoms with Crippen LogP contribution in [-0.4, -0.2) is 43.9 Å². The Hall–Kier alpha value is -0.970. The van der Waals surface area contributed by atoms with Gasteiger partial charge < -0.3 is 17.7 Å². The normalized spacial score (nSPS) is 16.7. The van der Waals surface area contributed by atoms with Crippen molar-refractivity contribution in [3.8, 4) is 0 Å². The first kappa shape index (κ1) is 17.1. The first-order valence-electron chi connectivity index (χ1n) is 6.85. The fourth-order valence-electron chi connectivity index (χ4n) is 2.57. The van der Waals surface area contributed by atoms with Gasteiger partial charge >= 0.3 is 1.43 Å². The Morgan fingerprint density at radius 1 is 1.35 bits per heavy atom. The number of hydrogen-bond donors (Lipinski definition) is 1. The van der Waals surface area contributed by atoms with Gasteiger partial charge in [0.25, 0.3) is 0 Å². The zero-order valence-electron chi connectivity index (χ0n) is 12.7. The molecule has 1 saturated heterocycles. The number of rotatable bonds is 5. The lowest BCUT2D eigenvalue weighted by molar-refractivity contribution is -0.0000127. The molecule has 0 amide bonds. The minimum absolute atomic E-state index is 0. The monoisotopic (exact) mass is 300 g/mol. The number of hydrogen-bond acceptors (Lipinski definition) is 3. The van der Waals surface area contributed by atoms with Crippen LogP contribution in [0.2, 0.25) is 0 Å². The Kier molecular flexibility index (Phi) is 7.13. The first-order valence-corrected chi connectivity index (χ1v) is 6.85. The van der Waals surface area contributed by atoms with E-state index in [1.807, 2.05) is 7.05 Å². The molecule has 0 radical (unpaired) electrons. The quantitative estimate of drug-likeness (QED) is 0.712. The smallest absolute Gasteiger partial charge is 1.00 e. The van der Waals surface area contributed by atoms with Crippen molar-refractivity contribution < 1.29 is 23.0 Å². The molecule has 0 aromatic heterocycles. The van der Waals surface area contributed by atoms with Gasteiger partial charge in [-0.2, -0.15) is 0 Å². The molecular formula is C15H22ClFN2O. The second kappa shape index (κ2) is 8.35. The minimum atomic E-state index is -0.301. The molecule has 1 fully saturated rings. The zero-order valence-corrected chi connectivity index (χ0v) is 12.5. The number of carbonyl (C=O) groups is 1. The van der Waals surface area contributed by atoms with E-state index in [0.29, 0.717) is 12.1 Å². The van der Waals surface area contributed by atoms with Crippen LogP contribution in [0.3, 0.4) is 0 Å². The lowest BCUT2D eigenvalue weighted by Crippen LogP contribution is -3.00. The van der Waals surface area contributed by atoms with Gasteiger partial charge in [-0.1, -0.05) is 0 Å². The molecule has 3 nitrogen and oxygen atoms in total. The summed E-state index contributed by atoms with van der Waals surface area (Å²) in [6.45, 7) is 3.44. The molecule has 2 rings (SSSR count). The molecule has 0 bridgehead atoms. The van der Waals surface area contributed by atoms with Gasteiger partial charge in [0.05, 0.1) is 6.54 Å². The summed E-state index contributed by atoms with van der Waals surface area (Å²) in [7, 11) is 1.98. The minimum Gasteiger partial charge on any atom is -1.00 e. The van der Waals surface area contributed by atoms with Crippen molar-refractivity contribution in [2.45, 2.75) is 12.8 Å². The molecule has 0 saturated carbocycles. The van der Waals surface area contributed by atoms with E-state index in [1.54, 1.807) is 12.1 Å². The standard InChI is InChI=1S/C15H21FN2O.ClH/c1-17-10-12-6-8-18(9-7-12)11-15(19)13-2-4-14(16)5-3-13;/h2-5,12,17H,6-11H2,1H3;1H. The largest absolute Gasteiger partial charge is 1.00 e. The number of nitrogens with zero attached hydrogens (tertiary/aromatic N) is 1. The van der Waals surface area contributed by atoms with E-state index in [0.717, 1.165) is 38.4 Å². The fraction of sp³-hybridized carbons (Fsp3) is 0.533. The second-order valence-electron chi connectivity index (χ2n) is 5.21. The summed E-state index contributed by atoms with van der Waals surface area (Å²) in [4.78, 5) is 14.2. The Morgan fingerprint density at radius 2 is 1.95 bits per heavy atom. The fourth-order valence-corrected chi connectivity index (χ4v) is 2.57. The van der Waals surface area contributed by atoms with Crippen molar-refractivity contribution in [3.05, 3.63) is 35.6 Å². The maximum atomic E-state index is 12.8. The maximum absolute atomic E-state index is 12.8. The average molecular weight is 301 g/mol. The van der Waals surface area contributed by atoms with Crippen LogP contribution in [-0.2, 0) is 0 Å². The average Bonchev–Trinajstić information content (AvgIpc) is 2.42. The van der Waals surface area contributed by atoms with Crippen LogP contribution in [0.5, 0.6) is 0 Å². The highest BCUT2D eigenvalue weighted by Crippen LogP contribution is 2.16. The lowest BCUT2D eigenvalue weighted by Gasteiger charge is -2.31. The third-order valence-electron chi connectivity index (χ3n) is 3.73. The van der Waals surface area contributed by atoms with E-state index in [1.165, 1.54) is 12.1 Å². The Labute approximate surface area is 127 Å². The Morgan fingerprint density at radius 3 is 2.50 bits per heavy atom. The van der Waals surface area contributed by atoms with Crippen molar-refractivity contribution in [1.82, 2.24) is 10.2 Å². The van der Waals surface area contributed by atoms with E-state index in [-0.39, 0.29) is 25.4 Å². The summed E-state index contributed by atoms with van der Waals surface area (Å²) in [5.41, 5.74) is 0.596. The van der Waals surface area contributed by atoms with E-state index < -0.39 is 0 Å². The van der Waals surface area contributed by atoms with Crippen LogP contribution in [0, 0.1) is 11.7 Å². The summed E-state index contributed by atoms with van der Waals surface area (Å²) in [6, 6.07) is 5.80. The molecule has 0 aliphatic carbocycles. The molecule has 1 heterocycles. The molecule has 1 N–H and O–H groups in total. The number of halogens is 2. The van der Waals surface area contributed by atoms with Crippen molar-refractivity contribution >= 4 is 5.78 Å². The van der Waals surface area contributed by atoms with Crippen molar-refractivity contribution in [1.29, 1.82) is 0 Å². The van der Waals surface area contributed by atoms with Gasteiger partial charge in [-0.15, -0.1) is 0 Å². The molecule has 1 aromatic carbocycles. The highest BCUT2D eigenvalue weighted by atomic mass is 35.5. The predicted octanol–water partition coefficient (Wildman–Crippen LogP) is -0.944. The molecule has 1 aliphatic heterocycles. The molecule has 0 atom stereocenters. The van der Waals surface area contributed by atoms with E-state index in [4.69, 9.17) is 0 Å². The van der Waals surface area contributed by atoms with Gasteiger partial charge in [-0.05, 0) is 69.7 Å². The number of likely N-dealkylation sites (tertiary alicyclic amines) is 1.